The highest BCUT2D eigenvalue weighted by atomic mass is 35.7. The fraction of sp³-hybridized carbons (Fsp3) is 0.429. The SMILES string of the molecule is CC[C@H]1CN(c2ccc(N3CCS(=O)CC3)c(F)c2)C(=O)O1.O=C1O[C@@H](CO)CN1c1ccc(N2CCS(=O)CC2)c(F)c1.O=[N+]([O-])c1cccc(S(=O)(=O)Cl)c1. The largest absolute Gasteiger partial charge is 0.444 e. The van der Waals surface area contributed by atoms with Gasteiger partial charge in [0.15, 0.2) is 0 Å². The smallest absolute Gasteiger partial charge is 0.414 e. The summed E-state index contributed by atoms with van der Waals surface area (Å²) in [5.74, 6) is 1.43. The van der Waals surface area contributed by atoms with E-state index < -0.39 is 59.7 Å². The number of carbonyl (C=O) groups is 2. The zero-order valence-electron chi connectivity index (χ0n) is 30.5. The summed E-state index contributed by atoms with van der Waals surface area (Å²) in [5.41, 5.74) is 1.57. The molecule has 0 unspecified atom stereocenters. The predicted molar refractivity (Wildman–Crippen MR) is 212 cm³/mol. The summed E-state index contributed by atoms with van der Waals surface area (Å²) in [6.07, 6.45) is -0.972. The van der Waals surface area contributed by atoms with Crippen LogP contribution in [0.25, 0.3) is 0 Å². The zero-order chi connectivity index (χ0) is 41.4. The van der Waals surface area contributed by atoms with Gasteiger partial charge in [0.1, 0.15) is 23.8 Å². The number of halogens is 3. The van der Waals surface area contributed by atoms with Crippen molar-refractivity contribution in [1.82, 2.24) is 0 Å². The number of carbonyl (C=O) groups excluding carboxylic acids is 2. The molecule has 0 radical (unpaired) electrons. The number of nitro groups is 1. The molecule has 4 aliphatic rings. The van der Waals surface area contributed by atoms with Gasteiger partial charge in [0.05, 0.1) is 52.3 Å². The molecule has 4 saturated heterocycles. The van der Waals surface area contributed by atoms with Crippen LogP contribution in [-0.2, 0) is 40.1 Å². The summed E-state index contributed by atoms with van der Waals surface area (Å²) in [7, 11) is -0.512. The molecule has 57 heavy (non-hydrogen) atoms. The van der Waals surface area contributed by atoms with Gasteiger partial charge in [-0.25, -0.2) is 26.8 Å². The number of ether oxygens (including phenoxy) is 2. The van der Waals surface area contributed by atoms with Crippen molar-refractivity contribution in [1.29, 1.82) is 0 Å². The molecule has 3 aromatic carbocycles. The number of nitrogens with zero attached hydrogens (tertiary/aromatic N) is 5. The van der Waals surface area contributed by atoms with Gasteiger partial charge in [-0.3, -0.25) is 28.3 Å². The van der Waals surface area contributed by atoms with E-state index in [2.05, 4.69) is 0 Å². The Bertz CT molecular complexity index is 2010. The Morgan fingerprint density at radius 1 is 0.807 bits per heavy atom. The van der Waals surface area contributed by atoms with Crippen LogP contribution >= 0.6 is 10.7 Å². The van der Waals surface area contributed by atoms with Gasteiger partial charge in [0.25, 0.3) is 14.7 Å². The molecule has 2 atom stereocenters. The highest BCUT2D eigenvalue weighted by Crippen LogP contribution is 2.30. The molecule has 3 aromatic rings. The summed E-state index contributed by atoms with van der Waals surface area (Å²) in [6.45, 7) is 4.65. The molecule has 4 fully saturated rings. The van der Waals surface area contributed by atoms with E-state index in [9.17, 15) is 45.3 Å². The van der Waals surface area contributed by atoms with E-state index in [0.29, 0.717) is 78.5 Å². The predicted octanol–water partition coefficient (Wildman–Crippen LogP) is 4.36. The lowest BCUT2D eigenvalue weighted by atomic mass is 10.2. The van der Waals surface area contributed by atoms with Gasteiger partial charge < -0.3 is 24.4 Å². The van der Waals surface area contributed by atoms with Crippen LogP contribution < -0.4 is 19.6 Å². The Hall–Kier alpha value is -4.44. The maximum Gasteiger partial charge on any atom is 0.414 e. The average Bonchev–Trinajstić information content (AvgIpc) is 3.77. The number of benzene rings is 3. The molecule has 310 valence electrons. The summed E-state index contributed by atoms with van der Waals surface area (Å²) in [4.78, 5) is 39.3. The Labute approximate surface area is 336 Å². The van der Waals surface area contributed by atoms with Crippen LogP contribution in [0.4, 0.5) is 46.8 Å². The minimum atomic E-state index is -3.89. The van der Waals surface area contributed by atoms with Gasteiger partial charge in [0.2, 0.25) is 0 Å². The maximum absolute atomic E-state index is 14.4. The molecule has 4 heterocycles. The number of aliphatic hydroxyl groups excluding tert-OH is 1. The summed E-state index contributed by atoms with van der Waals surface area (Å²) in [6, 6.07) is 13.9. The van der Waals surface area contributed by atoms with Crippen LogP contribution in [-0.4, -0.2) is 120 Å². The van der Waals surface area contributed by atoms with E-state index in [1.807, 2.05) is 16.7 Å². The topological polar surface area (TPSA) is 197 Å². The van der Waals surface area contributed by atoms with Crippen molar-refractivity contribution in [3.63, 3.8) is 0 Å². The monoisotopic (exact) mass is 875 g/mol. The molecule has 1 N–H and O–H groups in total. The fourth-order valence-corrected chi connectivity index (χ4v) is 9.01. The van der Waals surface area contributed by atoms with E-state index in [-0.39, 0.29) is 35.7 Å². The molecule has 7 rings (SSSR count). The number of aliphatic hydroxyl groups is 1. The van der Waals surface area contributed by atoms with Gasteiger partial charge in [-0.05, 0) is 48.9 Å². The first-order valence-corrected chi connectivity index (χ1v) is 22.9. The molecule has 0 bridgehead atoms. The number of anilines is 4. The third-order valence-corrected chi connectivity index (χ3v) is 13.1. The van der Waals surface area contributed by atoms with Crippen LogP contribution in [0.2, 0.25) is 0 Å². The van der Waals surface area contributed by atoms with Gasteiger partial charge in [-0.2, -0.15) is 0 Å². The molecule has 0 aromatic heterocycles. The van der Waals surface area contributed by atoms with Crippen molar-refractivity contribution >= 4 is 82.0 Å². The normalized spacial score (nSPS) is 20.3. The van der Waals surface area contributed by atoms with Crippen molar-refractivity contribution in [2.75, 3.05) is 88.5 Å². The van der Waals surface area contributed by atoms with E-state index in [4.69, 9.17) is 25.3 Å². The third-order valence-electron chi connectivity index (χ3n) is 9.24. The molecule has 0 saturated carbocycles. The average molecular weight is 876 g/mol. The van der Waals surface area contributed by atoms with Crippen molar-refractivity contribution in [3.8, 4) is 0 Å². The molecular formula is C35H40ClF2N5O11S3. The first kappa shape index (κ1) is 43.7. The minimum Gasteiger partial charge on any atom is -0.444 e. The van der Waals surface area contributed by atoms with Crippen LogP contribution in [0.15, 0.2) is 65.6 Å². The number of non-ortho nitro benzene ring substituents is 1. The van der Waals surface area contributed by atoms with Crippen molar-refractivity contribution in [2.45, 2.75) is 30.4 Å². The van der Waals surface area contributed by atoms with Crippen molar-refractivity contribution < 1.29 is 54.7 Å². The van der Waals surface area contributed by atoms with Crippen LogP contribution in [0.3, 0.4) is 0 Å². The lowest BCUT2D eigenvalue weighted by Crippen LogP contribution is -2.38. The highest BCUT2D eigenvalue weighted by Gasteiger charge is 2.33. The lowest BCUT2D eigenvalue weighted by molar-refractivity contribution is -0.385. The summed E-state index contributed by atoms with van der Waals surface area (Å²) >= 11 is 0. The quantitative estimate of drug-likeness (QED) is 0.191. The van der Waals surface area contributed by atoms with E-state index in [0.717, 1.165) is 12.5 Å². The minimum absolute atomic E-state index is 0.132. The summed E-state index contributed by atoms with van der Waals surface area (Å²) in [5, 5.41) is 19.3. The number of hydrogen-bond acceptors (Lipinski definition) is 13. The van der Waals surface area contributed by atoms with E-state index in [1.165, 1.54) is 40.1 Å². The second-order valence-corrected chi connectivity index (χ2v) is 18.9. The Balaban J connectivity index is 0.000000169. The standard InChI is InChI=1S/C15H19FN2O3S.C14H17FN2O4S.C6H4ClNO4S/c1-2-12-10-18(15(19)21-12)11-3-4-14(13(16)9-11)17-5-7-22(20)8-6-17;15-12-7-10(17-8-11(9-18)21-14(17)19)1-2-13(12)16-3-5-22(20)6-4-16;7-13(11,12)6-3-1-2-5(4-6)8(9)10/h3-4,9,12H,2,5-8,10H2,1H3;1-2,7,11,18H,3-6,8-9H2;1-4H/t12-;11-;/m01./s1. The van der Waals surface area contributed by atoms with Gasteiger partial charge in [0, 0.05) is 93.6 Å². The maximum atomic E-state index is 14.4. The van der Waals surface area contributed by atoms with Gasteiger partial charge in [-0.1, -0.05) is 13.0 Å². The number of amides is 2. The molecule has 16 nitrogen and oxygen atoms in total. The molecular weight excluding hydrogens is 836 g/mol. The number of hydrogen-bond donors (Lipinski definition) is 1. The first-order chi connectivity index (χ1) is 27.1. The Kier molecular flexibility index (Phi) is 14.8. The molecule has 0 aliphatic carbocycles. The van der Waals surface area contributed by atoms with Crippen molar-refractivity contribution in [2.24, 2.45) is 0 Å². The molecule has 0 spiro atoms. The third kappa shape index (κ3) is 11.4. The molecule has 4 aliphatic heterocycles. The lowest BCUT2D eigenvalue weighted by Gasteiger charge is -2.29. The first-order valence-electron chi connectivity index (χ1n) is 17.6. The second kappa shape index (κ2) is 19.3. The summed E-state index contributed by atoms with van der Waals surface area (Å²) < 4.78 is 83.1. The Morgan fingerprint density at radius 2 is 1.26 bits per heavy atom. The van der Waals surface area contributed by atoms with Crippen LogP contribution in [0.5, 0.6) is 0 Å². The van der Waals surface area contributed by atoms with E-state index in [1.54, 1.807) is 24.3 Å². The molecule has 22 heteroatoms. The van der Waals surface area contributed by atoms with E-state index >= 15 is 0 Å². The number of nitro benzene ring substituents is 1. The second-order valence-electron chi connectivity index (χ2n) is 13.0. The van der Waals surface area contributed by atoms with Crippen LogP contribution in [0, 0.1) is 21.7 Å². The van der Waals surface area contributed by atoms with Crippen LogP contribution in [0.1, 0.15) is 13.3 Å². The van der Waals surface area contributed by atoms with Gasteiger partial charge in [-0.15, -0.1) is 0 Å². The zero-order valence-corrected chi connectivity index (χ0v) is 33.7. The van der Waals surface area contributed by atoms with Gasteiger partial charge >= 0.3 is 12.2 Å². The fourth-order valence-electron chi connectivity index (χ4n) is 6.12. The number of cyclic esters (lactones) is 2. The highest BCUT2D eigenvalue weighted by molar-refractivity contribution is 8.13. The van der Waals surface area contributed by atoms with Crippen molar-refractivity contribution in [3.05, 3.63) is 82.4 Å². The Morgan fingerprint density at radius 3 is 1.63 bits per heavy atom. The number of rotatable bonds is 8. The molecule has 2 amide bonds.